The van der Waals surface area contributed by atoms with Crippen LogP contribution < -0.4 is 5.73 Å². The van der Waals surface area contributed by atoms with Gasteiger partial charge >= 0.3 is 0 Å². The molecule has 0 spiro atoms. The molecule has 0 fully saturated rings. The van der Waals surface area contributed by atoms with Crippen LogP contribution in [0.25, 0.3) is 0 Å². The summed E-state index contributed by atoms with van der Waals surface area (Å²) in [6.45, 7) is 8.80. The van der Waals surface area contributed by atoms with Crippen molar-refractivity contribution in [2.75, 3.05) is 13.2 Å². The van der Waals surface area contributed by atoms with Gasteiger partial charge in [0.2, 0.25) is 0 Å². The summed E-state index contributed by atoms with van der Waals surface area (Å²) in [7, 11) is 0. The highest BCUT2D eigenvalue weighted by Crippen LogP contribution is 2.02. The molecular weight excluding hydrogens is 214 g/mol. The Hall–Kier alpha value is -0.870. The molecule has 1 aromatic heterocycles. The molecule has 4 heteroatoms. The second-order valence-corrected chi connectivity index (χ2v) is 5.09. The normalized spacial score (nSPS) is 13.2. The van der Waals surface area contributed by atoms with Crippen LogP contribution >= 0.6 is 0 Å². The van der Waals surface area contributed by atoms with Crippen molar-refractivity contribution in [3.8, 4) is 0 Å². The Morgan fingerprint density at radius 2 is 2.12 bits per heavy atom. The van der Waals surface area contributed by atoms with Crippen LogP contribution in [0.15, 0.2) is 12.4 Å². The van der Waals surface area contributed by atoms with Gasteiger partial charge in [-0.3, -0.25) is 4.68 Å². The Balaban J connectivity index is 2.16. The minimum Gasteiger partial charge on any atom is -0.380 e. The van der Waals surface area contributed by atoms with Gasteiger partial charge in [-0.25, -0.2) is 0 Å². The highest BCUT2D eigenvalue weighted by molar-refractivity contribution is 5.05. The lowest BCUT2D eigenvalue weighted by Crippen LogP contribution is -2.17. The van der Waals surface area contributed by atoms with Gasteiger partial charge in [0, 0.05) is 18.8 Å². The third-order valence-corrected chi connectivity index (χ3v) is 2.55. The van der Waals surface area contributed by atoms with Crippen LogP contribution in [0.5, 0.6) is 0 Å². The van der Waals surface area contributed by atoms with E-state index in [1.807, 2.05) is 17.8 Å². The number of rotatable bonds is 8. The molecule has 1 atom stereocenters. The molecule has 17 heavy (non-hydrogen) atoms. The summed E-state index contributed by atoms with van der Waals surface area (Å²) < 4.78 is 7.48. The Kier molecular flexibility index (Phi) is 6.22. The number of ether oxygens (including phenoxy) is 1. The van der Waals surface area contributed by atoms with Gasteiger partial charge in [-0.15, -0.1) is 0 Å². The summed E-state index contributed by atoms with van der Waals surface area (Å²) in [6, 6.07) is 0.190. The first kappa shape index (κ1) is 14.2. The van der Waals surface area contributed by atoms with E-state index in [4.69, 9.17) is 10.5 Å². The van der Waals surface area contributed by atoms with Gasteiger partial charge in [-0.1, -0.05) is 13.8 Å². The van der Waals surface area contributed by atoms with Crippen LogP contribution in [-0.4, -0.2) is 29.0 Å². The number of nitrogens with two attached hydrogens (primary N) is 1. The van der Waals surface area contributed by atoms with E-state index in [1.54, 1.807) is 0 Å². The van der Waals surface area contributed by atoms with Crippen LogP contribution in [0, 0.1) is 5.92 Å². The van der Waals surface area contributed by atoms with Gasteiger partial charge in [0.1, 0.15) is 0 Å². The molecule has 1 unspecified atom stereocenters. The monoisotopic (exact) mass is 239 g/mol. The van der Waals surface area contributed by atoms with E-state index in [-0.39, 0.29) is 6.04 Å². The summed E-state index contributed by atoms with van der Waals surface area (Å²) in [4.78, 5) is 0. The second kappa shape index (κ2) is 7.45. The van der Waals surface area contributed by atoms with Crippen molar-refractivity contribution in [2.24, 2.45) is 11.7 Å². The van der Waals surface area contributed by atoms with Gasteiger partial charge < -0.3 is 10.5 Å². The van der Waals surface area contributed by atoms with Gasteiger partial charge in [-0.2, -0.15) is 5.10 Å². The molecule has 0 saturated heterocycles. The largest absolute Gasteiger partial charge is 0.380 e. The molecule has 0 aromatic carbocycles. The zero-order valence-corrected chi connectivity index (χ0v) is 11.2. The molecular formula is C13H25N3O. The fourth-order valence-electron chi connectivity index (χ4n) is 1.59. The zero-order chi connectivity index (χ0) is 12.7. The molecule has 0 amide bonds. The molecule has 98 valence electrons. The van der Waals surface area contributed by atoms with Gasteiger partial charge in [0.05, 0.1) is 19.3 Å². The lowest BCUT2D eigenvalue weighted by atomic mass is 10.1. The smallest absolute Gasteiger partial charge is 0.0662 e. The quantitative estimate of drug-likeness (QED) is 0.704. The van der Waals surface area contributed by atoms with Crippen molar-refractivity contribution in [1.29, 1.82) is 0 Å². The second-order valence-electron chi connectivity index (χ2n) is 5.09. The summed E-state index contributed by atoms with van der Waals surface area (Å²) in [5.74, 6) is 0.706. The standard InChI is InChI=1S/C13H25N3O/c1-11(2)4-6-17-7-5-16-10-13(9-15-16)8-12(3)14/h9-12H,4-8,14H2,1-3H3. The summed E-state index contributed by atoms with van der Waals surface area (Å²) in [6.07, 6.45) is 5.94. The fraction of sp³-hybridized carbons (Fsp3) is 0.769. The Morgan fingerprint density at radius 3 is 2.76 bits per heavy atom. The van der Waals surface area contributed by atoms with Crippen molar-refractivity contribution >= 4 is 0 Å². The maximum atomic E-state index is 5.74. The molecule has 2 N–H and O–H groups in total. The maximum Gasteiger partial charge on any atom is 0.0662 e. The van der Waals surface area contributed by atoms with Crippen LogP contribution in [0.2, 0.25) is 0 Å². The van der Waals surface area contributed by atoms with Gasteiger partial charge in [0.25, 0.3) is 0 Å². The number of hydrogen-bond donors (Lipinski definition) is 1. The Morgan fingerprint density at radius 1 is 1.35 bits per heavy atom. The Bertz CT molecular complexity index is 307. The first-order valence-corrected chi connectivity index (χ1v) is 6.42. The summed E-state index contributed by atoms with van der Waals surface area (Å²) in [5.41, 5.74) is 6.94. The van der Waals surface area contributed by atoms with Gasteiger partial charge in [0.15, 0.2) is 0 Å². The lowest BCUT2D eigenvalue weighted by Gasteiger charge is -2.06. The first-order chi connectivity index (χ1) is 8.08. The highest BCUT2D eigenvalue weighted by Gasteiger charge is 2.01. The molecule has 4 nitrogen and oxygen atoms in total. The molecule has 1 heterocycles. The van der Waals surface area contributed by atoms with Crippen LogP contribution in [0.1, 0.15) is 32.8 Å². The Labute approximate surface area is 104 Å². The molecule has 1 rings (SSSR count). The average molecular weight is 239 g/mol. The third kappa shape index (κ3) is 6.44. The third-order valence-electron chi connectivity index (χ3n) is 2.55. The predicted octanol–water partition coefficient (Wildman–Crippen LogP) is 1.84. The van der Waals surface area contributed by atoms with Crippen LogP contribution in [0.3, 0.4) is 0 Å². The van der Waals surface area contributed by atoms with E-state index < -0.39 is 0 Å². The van der Waals surface area contributed by atoms with E-state index in [2.05, 4.69) is 25.1 Å². The van der Waals surface area contributed by atoms with E-state index in [1.165, 1.54) is 5.56 Å². The summed E-state index contributed by atoms with van der Waals surface area (Å²) in [5, 5.41) is 4.28. The molecule has 0 aliphatic rings. The summed E-state index contributed by atoms with van der Waals surface area (Å²) >= 11 is 0. The topological polar surface area (TPSA) is 53.1 Å². The maximum absolute atomic E-state index is 5.74. The van der Waals surface area contributed by atoms with Crippen molar-refractivity contribution < 1.29 is 4.74 Å². The molecule has 0 aliphatic carbocycles. The minimum absolute atomic E-state index is 0.190. The number of hydrogen-bond acceptors (Lipinski definition) is 3. The highest BCUT2D eigenvalue weighted by atomic mass is 16.5. The minimum atomic E-state index is 0.190. The van der Waals surface area contributed by atoms with Crippen molar-refractivity contribution in [3.05, 3.63) is 18.0 Å². The average Bonchev–Trinajstić information content (AvgIpc) is 2.63. The van der Waals surface area contributed by atoms with E-state index in [9.17, 15) is 0 Å². The molecule has 0 radical (unpaired) electrons. The SMILES string of the molecule is CC(C)CCOCCn1cc(CC(C)N)cn1. The predicted molar refractivity (Wildman–Crippen MR) is 69.9 cm³/mol. The zero-order valence-electron chi connectivity index (χ0n) is 11.2. The van der Waals surface area contributed by atoms with Crippen molar-refractivity contribution in [3.63, 3.8) is 0 Å². The van der Waals surface area contributed by atoms with Crippen molar-refractivity contribution in [1.82, 2.24) is 9.78 Å². The van der Waals surface area contributed by atoms with Crippen LogP contribution in [-0.2, 0) is 17.7 Å². The molecule has 0 aliphatic heterocycles. The fourth-order valence-corrected chi connectivity index (χ4v) is 1.59. The molecule has 0 saturated carbocycles. The van der Waals surface area contributed by atoms with Gasteiger partial charge in [-0.05, 0) is 31.2 Å². The van der Waals surface area contributed by atoms with Crippen LogP contribution in [0.4, 0.5) is 0 Å². The van der Waals surface area contributed by atoms with E-state index in [0.717, 1.165) is 32.6 Å². The molecule has 0 bridgehead atoms. The first-order valence-electron chi connectivity index (χ1n) is 6.42. The van der Waals surface area contributed by atoms with E-state index >= 15 is 0 Å². The molecule has 1 aromatic rings. The van der Waals surface area contributed by atoms with Crippen molar-refractivity contribution in [2.45, 2.75) is 46.2 Å². The number of nitrogens with zero attached hydrogens (tertiary/aromatic N) is 2. The van der Waals surface area contributed by atoms with E-state index in [0.29, 0.717) is 5.92 Å². The lowest BCUT2D eigenvalue weighted by molar-refractivity contribution is 0.114. The number of aromatic nitrogens is 2.